The Balaban J connectivity index is 1.69. The number of carbonyl (C=O) groups excluding carboxylic acids is 3. The highest BCUT2D eigenvalue weighted by atomic mass is 16.6. The van der Waals surface area contributed by atoms with Crippen molar-refractivity contribution in [3.8, 4) is 12.3 Å². The molecule has 2 aliphatic rings. The summed E-state index contributed by atoms with van der Waals surface area (Å²) in [4.78, 5) is 38.3. The molecule has 6 heteroatoms. The molecular weight excluding hydrogens is 334 g/mol. The Labute approximate surface area is 151 Å². The number of terminal acetylenes is 1. The fourth-order valence-electron chi connectivity index (χ4n) is 3.14. The Kier molecular flexibility index (Phi) is 5.08. The molecule has 6 nitrogen and oxygen atoms in total. The number of ether oxygens (including phenoxy) is 2. The fraction of sp³-hybridized carbons (Fsp3) is 0.350. The van der Waals surface area contributed by atoms with Crippen molar-refractivity contribution < 1.29 is 23.9 Å². The number of benzene rings is 1. The van der Waals surface area contributed by atoms with E-state index in [-0.39, 0.29) is 25.9 Å². The summed E-state index contributed by atoms with van der Waals surface area (Å²) in [5, 5.41) is 0. The second kappa shape index (κ2) is 7.44. The highest BCUT2D eigenvalue weighted by Gasteiger charge is 2.51. The van der Waals surface area contributed by atoms with Crippen LogP contribution in [0.1, 0.15) is 31.2 Å². The zero-order valence-corrected chi connectivity index (χ0v) is 14.2. The summed E-state index contributed by atoms with van der Waals surface area (Å²) < 4.78 is 10.6. The van der Waals surface area contributed by atoms with Crippen molar-refractivity contribution in [2.75, 3.05) is 0 Å². The van der Waals surface area contributed by atoms with Gasteiger partial charge in [-0.3, -0.25) is 9.59 Å². The molecule has 0 bridgehead atoms. The normalized spacial score (nSPS) is 24.2. The van der Waals surface area contributed by atoms with E-state index in [0.29, 0.717) is 6.42 Å². The zero-order valence-electron chi connectivity index (χ0n) is 14.2. The average Bonchev–Trinajstić information content (AvgIpc) is 3.28. The molecule has 2 atom stereocenters. The van der Waals surface area contributed by atoms with E-state index in [9.17, 15) is 14.4 Å². The van der Waals surface area contributed by atoms with E-state index >= 15 is 0 Å². The molecule has 134 valence electrons. The minimum absolute atomic E-state index is 0.0201. The van der Waals surface area contributed by atoms with Gasteiger partial charge in [0.05, 0.1) is 6.42 Å². The molecule has 3 rings (SSSR count). The SMILES string of the molecule is C#CC[C@]1(C(=O)N2C=CC[C@H]2C(=O)OCc2ccccc2)CCC(=O)O1. The molecule has 1 amide bonds. The van der Waals surface area contributed by atoms with E-state index in [2.05, 4.69) is 5.92 Å². The number of hydrogen-bond donors (Lipinski definition) is 0. The lowest BCUT2D eigenvalue weighted by atomic mass is 9.94. The van der Waals surface area contributed by atoms with E-state index in [4.69, 9.17) is 15.9 Å². The predicted molar refractivity (Wildman–Crippen MR) is 92.1 cm³/mol. The van der Waals surface area contributed by atoms with Gasteiger partial charge in [-0.2, -0.15) is 0 Å². The standard InChI is InChI=1S/C20H19NO5/c1-2-11-20(12-10-17(22)26-20)19(24)21-13-6-9-16(21)18(23)25-14-15-7-4-3-5-8-15/h1,3-8,13,16H,9-12,14H2/t16-,20+/m0/s1. The number of rotatable bonds is 5. The molecule has 2 heterocycles. The van der Waals surface area contributed by atoms with E-state index < -0.39 is 29.5 Å². The molecule has 0 unspecified atom stereocenters. The number of cyclic esters (lactones) is 1. The first-order valence-corrected chi connectivity index (χ1v) is 8.41. The second-order valence-corrected chi connectivity index (χ2v) is 6.29. The monoisotopic (exact) mass is 353 g/mol. The fourth-order valence-corrected chi connectivity index (χ4v) is 3.14. The van der Waals surface area contributed by atoms with Crippen molar-refractivity contribution >= 4 is 17.8 Å². The Morgan fingerprint density at radius 1 is 1.35 bits per heavy atom. The van der Waals surface area contributed by atoms with E-state index in [0.717, 1.165) is 5.56 Å². The number of amides is 1. The molecule has 26 heavy (non-hydrogen) atoms. The van der Waals surface area contributed by atoms with Crippen LogP contribution in [0.3, 0.4) is 0 Å². The Morgan fingerprint density at radius 2 is 2.12 bits per heavy atom. The molecule has 0 aromatic heterocycles. The maximum atomic E-state index is 13.0. The molecule has 1 aromatic rings. The number of esters is 2. The minimum atomic E-state index is -1.39. The van der Waals surface area contributed by atoms with Gasteiger partial charge in [-0.1, -0.05) is 36.4 Å². The van der Waals surface area contributed by atoms with Crippen LogP contribution in [-0.4, -0.2) is 34.4 Å². The highest BCUT2D eigenvalue weighted by Crippen LogP contribution is 2.34. The van der Waals surface area contributed by atoms with Gasteiger partial charge in [0.2, 0.25) is 5.60 Å². The summed E-state index contributed by atoms with van der Waals surface area (Å²) >= 11 is 0. The third-order valence-electron chi connectivity index (χ3n) is 4.51. The number of hydrogen-bond acceptors (Lipinski definition) is 5. The maximum absolute atomic E-state index is 13.0. The van der Waals surface area contributed by atoms with Crippen molar-refractivity contribution in [3.05, 3.63) is 48.2 Å². The van der Waals surface area contributed by atoms with Gasteiger partial charge in [-0.15, -0.1) is 12.3 Å². The first-order chi connectivity index (χ1) is 12.6. The largest absolute Gasteiger partial charge is 0.459 e. The molecule has 2 aliphatic heterocycles. The first kappa shape index (κ1) is 17.7. The summed E-state index contributed by atoms with van der Waals surface area (Å²) in [7, 11) is 0. The van der Waals surface area contributed by atoms with Crippen LogP contribution in [0.25, 0.3) is 0 Å². The van der Waals surface area contributed by atoms with Crippen molar-refractivity contribution in [1.29, 1.82) is 0 Å². The van der Waals surface area contributed by atoms with Crippen molar-refractivity contribution in [2.24, 2.45) is 0 Å². The summed E-state index contributed by atoms with van der Waals surface area (Å²) in [5.41, 5.74) is -0.531. The molecule has 1 saturated heterocycles. The zero-order chi connectivity index (χ0) is 18.6. The van der Waals surface area contributed by atoms with Gasteiger partial charge in [0, 0.05) is 19.0 Å². The lowest BCUT2D eigenvalue weighted by Crippen LogP contribution is -2.51. The van der Waals surface area contributed by atoms with Crippen LogP contribution in [0, 0.1) is 12.3 Å². The van der Waals surface area contributed by atoms with Gasteiger partial charge < -0.3 is 14.4 Å². The van der Waals surface area contributed by atoms with Crippen molar-refractivity contribution in [1.82, 2.24) is 4.90 Å². The van der Waals surface area contributed by atoms with Gasteiger partial charge in [-0.05, 0) is 12.0 Å². The van der Waals surface area contributed by atoms with E-state index in [1.165, 1.54) is 11.1 Å². The highest BCUT2D eigenvalue weighted by molar-refractivity contribution is 5.94. The summed E-state index contributed by atoms with van der Waals surface area (Å²) in [6.07, 6.45) is 9.28. The lowest BCUT2D eigenvalue weighted by molar-refractivity contribution is -0.167. The third-order valence-corrected chi connectivity index (χ3v) is 4.51. The van der Waals surface area contributed by atoms with Gasteiger partial charge in [-0.25, -0.2) is 4.79 Å². The quantitative estimate of drug-likeness (QED) is 0.597. The van der Waals surface area contributed by atoms with Crippen LogP contribution in [-0.2, 0) is 30.5 Å². The van der Waals surface area contributed by atoms with Gasteiger partial charge >= 0.3 is 11.9 Å². The number of nitrogens with zero attached hydrogens (tertiary/aromatic N) is 1. The molecule has 0 spiro atoms. The molecule has 0 N–H and O–H groups in total. The molecule has 0 radical (unpaired) electrons. The number of carbonyl (C=O) groups is 3. The van der Waals surface area contributed by atoms with Gasteiger partial charge in [0.15, 0.2) is 0 Å². The van der Waals surface area contributed by atoms with Crippen LogP contribution in [0.15, 0.2) is 42.6 Å². The molecule has 1 aromatic carbocycles. The van der Waals surface area contributed by atoms with Crippen molar-refractivity contribution in [2.45, 2.75) is 43.9 Å². The topological polar surface area (TPSA) is 72.9 Å². The van der Waals surface area contributed by atoms with Crippen LogP contribution in [0.5, 0.6) is 0 Å². The van der Waals surface area contributed by atoms with Crippen molar-refractivity contribution in [3.63, 3.8) is 0 Å². The van der Waals surface area contributed by atoms with Crippen LogP contribution in [0.4, 0.5) is 0 Å². The molecule has 1 fully saturated rings. The minimum Gasteiger partial charge on any atom is -0.459 e. The Hall–Kier alpha value is -3.07. The maximum Gasteiger partial charge on any atom is 0.329 e. The summed E-state index contributed by atoms with van der Waals surface area (Å²) in [5.74, 6) is 0.960. The van der Waals surface area contributed by atoms with Gasteiger partial charge in [0.25, 0.3) is 5.91 Å². The van der Waals surface area contributed by atoms with Crippen LogP contribution in [0.2, 0.25) is 0 Å². The summed E-state index contributed by atoms with van der Waals surface area (Å²) in [6.45, 7) is 0.128. The third kappa shape index (κ3) is 3.47. The van der Waals surface area contributed by atoms with Crippen LogP contribution < -0.4 is 0 Å². The lowest BCUT2D eigenvalue weighted by Gasteiger charge is -2.31. The Bertz CT molecular complexity index is 779. The Morgan fingerprint density at radius 3 is 2.77 bits per heavy atom. The van der Waals surface area contributed by atoms with E-state index in [1.807, 2.05) is 30.3 Å². The smallest absolute Gasteiger partial charge is 0.329 e. The average molecular weight is 353 g/mol. The van der Waals surface area contributed by atoms with Gasteiger partial charge in [0.1, 0.15) is 12.6 Å². The van der Waals surface area contributed by atoms with E-state index in [1.54, 1.807) is 6.08 Å². The molecule has 0 saturated carbocycles. The predicted octanol–water partition coefficient (Wildman–Crippen LogP) is 1.94. The second-order valence-electron chi connectivity index (χ2n) is 6.29. The molecule has 0 aliphatic carbocycles. The first-order valence-electron chi connectivity index (χ1n) is 8.41. The van der Waals surface area contributed by atoms with Crippen LogP contribution >= 0.6 is 0 Å². The molecular formula is C20H19NO5. The summed E-state index contributed by atoms with van der Waals surface area (Å²) in [6, 6.07) is 8.51.